The molecule has 0 aliphatic carbocycles. The van der Waals surface area contributed by atoms with Crippen molar-refractivity contribution in [2.24, 2.45) is 5.10 Å². The van der Waals surface area contributed by atoms with Crippen LogP contribution >= 0.6 is 15.9 Å². The second-order valence-electron chi connectivity index (χ2n) is 9.54. The number of ether oxygens (including phenoxy) is 2. The molecule has 38 heavy (non-hydrogen) atoms. The van der Waals surface area contributed by atoms with Crippen LogP contribution in [0, 0.1) is 10.1 Å². The van der Waals surface area contributed by atoms with E-state index >= 15 is 0 Å². The number of benzene rings is 3. The highest BCUT2D eigenvalue weighted by atomic mass is 79.9. The summed E-state index contributed by atoms with van der Waals surface area (Å²) in [4.78, 5) is 29.6. The number of nitro groups is 1. The van der Waals surface area contributed by atoms with Crippen molar-refractivity contribution in [1.82, 2.24) is 9.66 Å². The van der Waals surface area contributed by atoms with Crippen LogP contribution in [0.5, 0.6) is 11.5 Å². The minimum atomic E-state index is -0.526. The zero-order valence-electron chi connectivity index (χ0n) is 21.5. The topological polar surface area (TPSA) is 109 Å². The van der Waals surface area contributed by atoms with E-state index in [1.54, 1.807) is 25.1 Å². The lowest BCUT2D eigenvalue weighted by molar-refractivity contribution is -0.386. The van der Waals surface area contributed by atoms with Crippen LogP contribution in [0.2, 0.25) is 0 Å². The number of hydrogen-bond acceptors (Lipinski definition) is 7. The minimum Gasteiger partial charge on any atom is -0.490 e. The highest BCUT2D eigenvalue weighted by Gasteiger charge is 2.24. The first kappa shape index (κ1) is 27.0. The second kappa shape index (κ2) is 11.1. The molecule has 196 valence electrons. The smallest absolute Gasteiger partial charge is 0.315 e. The summed E-state index contributed by atoms with van der Waals surface area (Å²) >= 11 is 3.40. The highest BCUT2D eigenvalue weighted by Crippen LogP contribution is 2.39. The molecule has 0 atom stereocenters. The Hall–Kier alpha value is -4.05. The Balaban J connectivity index is 1.81. The molecule has 0 spiro atoms. The predicted octanol–water partition coefficient (Wildman–Crippen LogP) is 6.22. The monoisotopic (exact) mass is 578 g/mol. The van der Waals surface area contributed by atoms with Gasteiger partial charge in [-0.15, -0.1) is 0 Å². The Bertz CT molecular complexity index is 1580. The molecule has 4 aromatic rings. The molecule has 3 aromatic carbocycles. The van der Waals surface area contributed by atoms with Gasteiger partial charge in [0, 0.05) is 21.5 Å². The van der Waals surface area contributed by atoms with Gasteiger partial charge in [-0.2, -0.15) is 9.78 Å². The Morgan fingerprint density at radius 1 is 1.11 bits per heavy atom. The molecule has 1 aromatic heterocycles. The second-order valence-corrected chi connectivity index (χ2v) is 10.5. The summed E-state index contributed by atoms with van der Waals surface area (Å²) in [5, 5.41) is 16.8. The van der Waals surface area contributed by atoms with Crippen LogP contribution < -0.4 is 15.0 Å². The molecular formula is C28H27BrN4O5. The Kier molecular flexibility index (Phi) is 7.91. The van der Waals surface area contributed by atoms with E-state index in [9.17, 15) is 14.9 Å². The molecule has 0 fully saturated rings. The maximum absolute atomic E-state index is 13.4. The molecule has 0 unspecified atom stereocenters. The molecule has 0 aliphatic heterocycles. The molecule has 0 bridgehead atoms. The fourth-order valence-corrected chi connectivity index (χ4v) is 4.18. The Morgan fingerprint density at radius 2 is 1.84 bits per heavy atom. The number of nitro benzene ring substituents is 1. The number of aromatic nitrogens is 2. The molecule has 0 aliphatic rings. The molecule has 0 N–H and O–H groups in total. The maximum atomic E-state index is 13.4. The number of rotatable bonds is 8. The quantitative estimate of drug-likeness (QED) is 0.139. The summed E-state index contributed by atoms with van der Waals surface area (Å²) in [5.74, 6) is 0.696. The van der Waals surface area contributed by atoms with Crippen LogP contribution in [0.3, 0.4) is 0 Å². The number of hydrogen-bond donors (Lipinski definition) is 0. The van der Waals surface area contributed by atoms with Crippen LogP contribution in [-0.2, 0) is 12.0 Å². The van der Waals surface area contributed by atoms with Crippen LogP contribution in [0.1, 0.15) is 44.6 Å². The maximum Gasteiger partial charge on any atom is 0.315 e. The van der Waals surface area contributed by atoms with Crippen molar-refractivity contribution in [3.05, 3.63) is 103 Å². The van der Waals surface area contributed by atoms with E-state index in [4.69, 9.17) is 14.5 Å². The number of halogens is 1. The molecule has 4 rings (SSSR count). The van der Waals surface area contributed by atoms with Gasteiger partial charge in [-0.1, -0.05) is 67.0 Å². The van der Waals surface area contributed by atoms with E-state index in [1.165, 1.54) is 17.0 Å². The number of fused-ring (bicyclic) bond motifs is 1. The van der Waals surface area contributed by atoms with Crippen molar-refractivity contribution < 1.29 is 14.4 Å². The van der Waals surface area contributed by atoms with Gasteiger partial charge in [0.15, 0.2) is 5.75 Å². The molecule has 10 heteroatoms. The summed E-state index contributed by atoms with van der Waals surface area (Å²) in [5.41, 5.74) is 0.670. The Labute approximate surface area is 228 Å². The summed E-state index contributed by atoms with van der Waals surface area (Å²) in [6.45, 7) is 7.99. The Morgan fingerprint density at radius 3 is 2.50 bits per heavy atom. The van der Waals surface area contributed by atoms with Crippen LogP contribution in [0.25, 0.3) is 10.9 Å². The van der Waals surface area contributed by atoms with Gasteiger partial charge in [-0.25, -0.2) is 4.98 Å². The number of nitrogens with zero attached hydrogens (tertiary/aromatic N) is 4. The van der Waals surface area contributed by atoms with Crippen molar-refractivity contribution in [2.45, 2.75) is 39.7 Å². The van der Waals surface area contributed by atoms with Gasteiger partial charge in [-0.3, -0.25) is 14.9 Å². The van der Waals surface area contributed by atoms with Crippen LogP contribution in [-0.4, -0.2) is 27.4 Å². The SMILES string of the molecule is CCOc1cc(C=Nn2c(C(C)(C)C)nc3ccc(Br)cc3c2=O)cc([N+](=O)[O-])c1OCc1ccccc1. The van der Waals surface area contributed by atoms with Gasteiger partial charge in [0.2, 0.25) is 5.75 Å². The third-order valence-corrected chi connectivity index (χ3v) is 6.07. The van der Waals surface area contributed by atoms with Gasteiger partial charge in [0.1, 0.15) is 12.4 Å². The first-order valence-corrected chi connectivity index (χ1v) is 12.8. The largest absolute Gasteiger partial charge is 0.490 e. The van der Waals surface area contributed by atoms with Gasteiger partial charge in [0.25, 0.3) is 5.56 Å². The molecule has 0 radical (unpaired) electrons. The molecule has 1 heterocycles. The molecule has 0 saturated heterocycles. The third-order valence-electron chi connectivity index (χ3n) is 5.58. The first-order valence-electron chi connectivity index (χ1n) is 12.0. The molecule has 0 saturated carbocycles. The lowest BCUT2D eigenvalue weighted by atomic mass is 9.95. The predicted molar refractivity (Wildman–Crippen MR) is 150 cm³/mol. The van der Waals surface area contributed by atoms with Gasteiger partial charge in [-0.05, 0) is 36.8 Å². The van der Waals surface area contributed by atoms with E-state index in [-0.39, 0.29) is 36.0 Å². The van der Waals surface area contributed by atoms with Crippen LogP contribution in [0.4, 0.5) is 5.69 Å². The lowest BCUT2D eigenvalue weighted by Crippen LogP contribution is -2.29. The zero-order valence-corrected chi connectivity index (χ0v) is 23.1. The van der Waals surface area contributed by atoms with Crippen molar-refractivity contribution >= 4 is 38.7 Å². The summed E-state index contributed by atoms with van der Waals surface area (Å²) in [6.07, 6.45) is 1.39. The molecule has 9 nitrogen and oxygen atoms in total. The van der Waals surface area contributed by atoms with Gasteiger partial charge in [0.05, 0.1) is 28.6 Å². The van der Waals surface area contributed by atoms with Crippen molar-refractivity contribution in [2.75, 3.05) is 6.61 Å². The fraction of sp³-hybridized carbons (Fsp3) is 0.250. The molecule has 0 amide bonds. The highest BCUT2D eigenvalue weighted by molar-refractivity contribution is 9.10. The van der Waals surface area contributed by atoms with Crippen molar-refractivity contribution in [1.29, 1.82) is 0 Å². The standard InChI is InChI=1S/C28H27BrN4O5/c1-5-37-24-14-19(13-23(33(35)36)25(24)38-17-18-9-7-6-8-10-18)16-30-32-26(34)21-15-20(29)11-12-22(21)31-27(32)28(2,3)4/h6-16H,5,17H2,1-4H3. The summed E-state index contributed by atoms with van der Waals surface area (Å²) in [6, 6.07) is 17.6. The van der Waals surface area contributed by atoms with E-state index < -0.39 is 10.3 Å². The van der Waals surface area contributed by atoms with Crippen LogP contribution in [0.15, 0.2) is 75.0 Å². The van der Waals surface area contributed by atoms with E-state index in [0.29, 0.717) is 22.3 Å². The third kappa shape index (κ3) is 5.91. The summed E-state index contributed by atoms with van der Waals surface area (Å²) < 4.78 is 13.5. The minimum absolute atomic E-state index is 0.0302. The zero-order chi connectivity index (χ0) is 27.4. The lowest BCUT2D eigenvalue weighted by Gasteiger charge is -2.21. The van der Waals surface area contributed by atoms with E-state index in [1.807, 2.05) is 57.2 Å². The van der Waals surface area contributed by atoms with E-state index in [0.717, 1.165) is 10.0 Å². The first-order chi connectivity index (χ1) is 18.1. The summed E-state index contributed by atoms with van der Waals surface area (Å²) in [7, 11) is 0. The average Bonchev–Trinajstić information content (AvgIpc) is 2.87. The molecular weight excluding hydrogens is 552 g/mol. The average molecular weight is 579 g/mol. The van der Waals surface area contributed by atoms with Gasteiger partial charge < -0.3 is 9.47 Å². The van der Waals surface area contributed by atoms with Gasteiger partial charge >= 0.3 is 5.69 Å². The van der Waals surface area contributed by atoms with Crippen molar-refractivity contribution in [3.8, 4) is 11.5 Å². The van der Waals surface area contributed by atoms with E-state index in [2.05, 4.69) is 21.0 Å². The fourth-order valence-electron chi connectivity index (χ4n) is 3.82. The normalized spacial score (nSPS) is 11.7. The van der Waals surface area contributed by atoms with Crippen molar-refractivity contribution in [3.63, 3.8) is 0 Å².